The Labute approximate surface area is 184 Å². The highest BCUT2D eigenvalue weighted by Gasteiger charge is 2.34. The number of rotatable bonds is 8. The average molecular weight is 427 g/mol. The van der Waals surface area contributed by atoms with Gasteiger partial charge in [0.05, 0.1) is 6.04 Å². The van der Waals surface area contributed by atoms with E-state index in [0.717, 1.165) is 31.2 Å². The fourth-order valence-corrected chi connectivity index (χ4v) is 5.06. The number of amides is 2. The standard InChI is InChI=1S/C25H34N2O2S/c1-5-6-7-8-23(28)27(18(2)3)17-24(29)26-15-13-22-21(14-16-30-22)25(26)20-11-9-19(4)10-12-20/h9-12,14,16,18,25H,5-8,13,15,17H2,1-4H3/t25-/m1/s1. The molecule has 0 saturated carbocycles. The summed E-state index contributed by atoms with van der Waals surface area (Å²) in [5.74, 6) is 0.127. The topological polar surface area (TPSA) is 40.6 Å². The quantitative estimate of drug-likeness (QED) is 0.534. The molecule has 5 heteroatoms. The zero-order valence-corrected chi connectivity index (χ0v) is 19.5. The normalized spacial score (nSPS) is 15.9. The molecule has 0 unspecified atom stereocenters. The molecular weight excluding hydrogens is 392 g/mol. The fraction of sp³-hybridized carbons (Fsp3) is 0.520. The van der Waals surface area contributed by atoms with Crippen LogP contribution >= 0.6 is 11.3 Å². The summed E-state index contributed by atoms with van der Waals surface area (Å²) in [6.45, 7) is 9.05. The molecule has 0 spiro atoms. The molecule has 0 N–H and O–H groups in total. The monoisotopic (exact) mass is 426 g/mol. The van der Waals surface area contributed by atoms with Gasteiger partial charge < -0.3 is 9.80 Å². The third-order valence-corrected chi connectivity index (χ3v) is 6.92. The summed E-state index contributed by atoms with van der Waals surface area (Å²) in [5, 5.41) is 2.12. The van der Waals surface area contributed by atoms with Crippen LogP contribution in [0.4, 0.5) is 0 Å². The fourth-order valence-electron chi connectivity index (χ4n) is 4.16. The first-order chi connectivity index (χ1) is 14.4. The SMILES string of the molecule is CCCCCC(=O)N(CC(=O)N1CCc2sccc2[C@H]1c1ccc(C)cc1)C(C)C. The Morgan fingerprint density at radius 2 is 1.90 bits per heavy atom. The Morgan fingerprint density at radius 1 is 1.17 bits per heavy atom. The second-order valence-corrected chi connectivity index (χ2v) is 9.52. The molecule has 2 aromatic rings. The van der Waals surface area contributed by atoms with Gasteiger partial charge in [-0.2, -0.15) is 0 Å². The first-order valence-electron chi connectivity index (χ1n) is 11.1. The highest BCUT2D eigenvalue weighted by atomic mass is 32.1. The first kappa shape index (κ1) is 22.5. The maximum atomic E-state index is 13.5. The highest BCUT2D eigenvalue weighted by Crippen LogP contribution is 2.38. The van der Waals surface area contributed by atoms with Crippen molar-refractivity contribution in [1.82, 2.24) is 9.80 Å². The summed E-state index contributed by atoms with van der Waals surface area (Å²) in [5.41, 5.74) is 3.58. The highest BCUT2D eigenvalue weighted by molar-refractivity contribution is 7.10. The maximum Gasteiger partial charge on any atom is 0.243 e. The number of carbonyl (C=O) groups is 2. The molecule has 0 bridgehead atoms. The lowest BCUT2D eigenvalue weighted by Crippen LogP contribution is -2.48. The molecule has 2 heterocycles. The third kappa shape index (κ3) is 5.12. The molecule has 30 heavy (non-hydrogen) atoms. The lowest BCUT2D eigenvalue weighted by molar-refractivity contribution is -0.143. The zero-order chi connectivity index (χ0) is 21.7. The minimum atomic E-state index is -0.0719. The second-order valence-electron chi connectivity index (χ2n) is 8.52. The van der Waals surface area contributed by atoms with Crippen LogP contribution in [0.5, 0.6) is 0 Å². The number of thiophene rings is 1. The molecule has 0 saturated heterocycles. The van der Waals surface area contributed by atoms with Crippen molar-refractivity contribution in [3.05, 3.63) is 57.3 Å². The molecule has 0 aliphatic carbocycles. The van der Waals surface area contributed by atoms with Crippen molar-refractivity contribution in [2.45, 2.75) is 71.9 Å². The van der Waals surface area contributed by atoms with E-state index in [1.54, 1.807) is 16.2 Å². The van der Waals surface area contributed by atoms with Crippen LogP contribution in [-0.2, 0) is 16.0 Å². The molecule has 0 radical (unpaired) electrons. The van der Waals surface area contributed by atoms with E-state index < -0.39 is 0 Å². The molecule has 1 aromatic heterocycles. The summed E-state index contributed by atoms with van der Waals surface area (Å²) >= 11 is 1.77. The lowest BCUT2D eigenvalue weighted by Gasteiger charge is -2.38. The molecule has 1 aliphatic heterocycles. The van der Waals surface area contributed by atoms with Crippen LogP contribution in [-0.4, -0.2) is 40.7 Å². The van der Waals surface area contributed by atoms with E-state index in [-0.39, 0.29) is 30.4 Å². The van der Waals surface area contributed by atoms with Gasteiger partial charge in [0.1, 0.15) is 6.54 Å². The van der Waals surface area contributed by atoms with Gasteiger partial charge in [-0.15, -0.1) is 11.3 Å². The average Bonchev–Trinajstić information content (AvgIpc) is 3.20. The van der Waals surface area contributed by atoms with Crippen LogP contribution in [0, 0.1) is 6.92 Å². The molecule has 2 amide bonds. The number of carbonyl (C=O) groups excluding carboxylic acids is 2. The van der Waals surface area contributed by atoms with Gasteiger partial charge in [0.2, 0.25) is 11.8 Å². The summed E-state index contributed by atoms with van der Waals surface area (Å²) in [7, 11) is 0. The smallest absolute Gasteiger partial charge is 0.243 e. The Balaban J connectivity index is 1.82. The molecule has 3 rings (SSSR count). The summed E-state index contributed by atoms with van der Waals surface area (Å²) in [6, 6.07) is 10.6. The predicted octanol–water partition coefficient (Wildman–Crippen LogP) is 5.35. The minimum Gasteiger partial charge on any atom is -0.331 e. The van der Waals surface area contributed by atoms with Crippen molar-refractivity contribution < 1.29 is 9.59 Å². The molecule has 0 fully saturated rings. The minimum absolute atomic E-state index is 0.0161. The van der Waals surface area contributed by atoms with E-state index in [9.17, 15) is 9.59 Å². The van der Waals surface area contributed by atoms with Crippen LogP contribution in [0.15, 0.2) is 35.7 Å². The summed E-state index contributed by atoms with van der Waals surface area (Å²) in [6.07, 6.45) is 4.43. The Hall–Kier alpha value is -2.14. The molecule has 1 aliphatic rings. The van der Waals surface area contributed by atoms with Crippen LogP contribution < -0.4 is 0 Å². The lowest BCUT2D eigenvalue weighted by atomic mass is 9.92. The van der Waals surface area contributed by atoms with Crippen molar-refractivity contribution in [2.75, 3.05) is 13.1 Å². The van der Waals surface area contributed by atoms with Gasteiger partial charge in [0, 0.05) is 23.9 Å². The molecular formula is C25H34N2O2S. The van der Waals surface area contributed by atoms with E-state index in [4.69, 9.17) is 0 Å². The number of fused-ring (bicyclic) bond motifs is 1. The van der Waals surface area contributed by atoms with Gasteiger partial charge in [-0.3, -0.25) is 9.59 Å². The van der Waals surface area contributed by atoms with Gasteiger partial charge >= 0.3 is 0 Å². The van der Waals surface area contributed by atoms with Gasteiger partial charge in [-0.05, 0) is 56.2 Å². The predicted molar refractivity (Wildman–Crippen MR) is 124 cm³/mol. The van der Waals surface area contributed by atoms with E-state index in [1.807, 2.05) is 18.7 Å². The van der Waals surface area contributed by atoms with Gasteiger partial charge in [-0.1, -0.05) is 49.6 Å². The van der Waals surface area contributed by atoms with E-state index >= 15 is 0 Å². The summed E-state index contributed by atoms with van der Waals surface area (Å²) in [4.78, 5) is 31.3. The van der Waals surface area contributed by atoms with E-state index in [1.165, 1.54) is 16.0 Å². The number of unbranched alkanes of at least 4 members (excludes halogenated alkanes) is 2. The largest absolute Gasteiger partial charge is 0.331 e. The van der Waals surface area contributed by atoms with Crippen LogP contribution in [0.2, 0.25) is 0 Å². The van der Waals surface area contributed by atoms with E-state index in [2.05, 4.69) is 49.6 Å². The van der Waals surface area contributed by atoms with E-state index in [0.29, 0.717) is 13.0 Å². The van der Waals surface area contributed by atoms with Crippen molar-refractivity contribution in [2.24, 2.45) is 0 Å². The van der Waals surface area contributed by atoms with Crippen molar-refractivity contribution in [3.8, 4) is 0 Å². The number of benzene rings is 1. The van der Waals surface area contributed by atoms with Gasteiger partial charge in [0.25, 0.3) is 0 Å². The van der Waals surface area contributed by atoms with Crippen LogP contribution in [0.1, 0.15) is 74.1 Å². The Bertz CT molecular complexity index is 856. The molecule has 4 nitrogen and oxygen atoms in total. The Morgan fingerprint density at radius 3 is 2.57 bits per heavy atom. The Kier molecular flexibility index (Phi) is 7.70. The summed E-state index contributed by atoms with van der Waals surface area (Å²) < 4.78 is 0. The number of hydrogen-bond acceptors (Lipinski definition) is 3. The van der Waals surface area contributed by atoms with Gasteiger partial charge in [0.15, 0.2) is 0 Å². The molecule has 1 atom stereocenters. The number of nitrogens with zero attached hydrogens (tertiary/aromatic N) is 2. The van der Waals surface area contributed by atoms with Crippen LogP contribution in [0.3, 0.4) is 0 Å². The van der Waals surface area contributed by atoms with Crippen molar-refractivity contribution in [1.29, 1.82) is 0 Å². The van der Waals surface area contributed by atoms with Gasteiger partial charge in [-0.25, -0.2) is 0 Å². The molecule has 1 aromatic carbocycles. The number of aryl methyl sites for hydroxylation is 1. The van der Waals surface area contributed by atoms with Crippen molar-refractivity contribution in [3.63, 3.8) is 0 Å². The van der Waals surface area contributed by atoms with Crippen LogP contribution in [0.25, 0.3) is 0 Å². The first-order valence-corrected chi connectivity index (χ1v) is 12.0. The van der Waals surface area contributed by atoms with Crippen molar-refractivity contribution >= 4 is 23.2 Å². The second kappa shape index (κ2) is 10.3. The molecule has 162 valence electrons. The number of hydrogen-bond donors (Lipinski definition) is 0. The third-order valence-electron chi connectivity index (χ3n) is 5.92. The maximum absolute atomic E-state index is 13.5. The zero-order valence-electron chi connectivity index (χ0n) is 18.7.